The van der Waals surface area contributed by atoms with Crippen LogP contribution in [0.15, 0.2) is 60.2 Å². The van der Waals surface area contributed by atoms with E-state index in [0.717, 1.165) is 16.0 Å². The summed E-state index contributed by atoms with van der Waals surface area (Å²) in [6.45, 7) is 0. The van der Waals surface area contributed by atoms with Gasteiger partial charge in [-0.3, -0.25) is 9.20 Å². The minimum absolute atomic E-state index is 0.193. The first-order chi connectivity index (χ1) is 11.7. The second-order valence-electron chi connectivity index (χ2n) is 5.24. The molecule has 0 aliphatic heterocycles. The topological polar surface area (TPSA) is 66.6 Å². The van der Waals surface area contributed by atoms with E-state index in [2.05, 4.69) is 10.3 Å². The molecule has 2 aromatic heterocycles. The van der Waals surface area contributed by atoms with Gasteiger partial charge in [0.05, 0.1) is 11.9 Å². The number of aromatic nitrogens is 2. The number of fused-ring (bicyclic) bond motifs is 2. The number of nitrogens with zero attached hydrogens (tertiary/aromatic N) is 2. The van der Waals surface area contributed by atoms with Gasteiger partial charge in [-0.05, 0) is 18.2 Å². The first-order valence-electron chi connectivity index (χ1n) is 7.33. The Bertz CT molecular complexity index is 1080. The van der Waals surface area contributed by atoms with Crippen LogP contribution in [0.2, 0.25) is 0 Å². The summed E-state index contributed by atoms with van der Waals surface area (Å²) >= 11 is 1.54. The number of anilines is 1. The fourth-order valence-corrected chi connectivity index (χ4v) is 3.30. The van der Waals surface area contributed by atoms with Gasteiger partial charge in [0.15, 0.2) is 4.96 Å². The van der Waals surface area contributed by atoms with Crippen LogP contribution in [0.5, 0.6) is 5.75 Å². The van der Waals surface area contributed by atoms with Crippen molar-refractivity contribution in [2.45, 2.75) is 0 Å². The summed E-state index contributed by atoms with van der Waals surface area (Å²) in [6, 6.07) is 10.7. The molecule has 0 saturated carbocycles. The third-order valence-electron chi connectivity index (χ3n) is 3.74. The lowest BCUT2D eigenvalue weighted by Gasteiger charge is -2.08. The van der Waals surface area contributed by atoms with Gasteiger partial charge >= 0.3 is 0 Å². The van der Waals surface area contributed by atoms with Gasteiger partial charge in [-0.2, -0.15) is 0 Å². The van der Waals surface area contributed by atoms with Gasteiger partial charge < -0.3 is 10.4 Å². The van der Waals surface area contributed by atoms with E-state index in [1.54, 1.807) is 41.8 Å². The maximum Gasteiger partial charge on any atom is 0.248 e. The monoisotopic (exact) mass is 335 g/mol. The SMILES string of the molecule is O=C(/C=C/c1cnc2sccn12)Nc1cccc2c(O)cccc12. The fraction of sp³-hybridized carbons (Fsp3) is 0. The van der Waals surface area contributed by atoms with Crippen LogP contribution in [-0.4, -0.2) is 20.4 Å². The van der Waals surface area contributed by atoms with Gasteiger partial charge in [-0.1, -0.05) is 24.3 Å². The van der Waals surface area contributed by atoms with E-state index in [-0.39, 0.29) is 11.7 Å². The zero-order chi connectivity index (χ0) is 16.5. The predicted octanol–water partition coefficient (Wildman–Crippen LogP) is 3.91. The van der Waals surface area contributed by atoms with E-state index >= 15 is 0 Å². The molecule has 0 aliphatic carbocycles. The molecule has 0 atom stereocenters. The predicted molar refractivity (Wildman–Crippen MR) is 96.3 cm³/mol. The number of thiazole rings is 1. The molecule has 4 rings (SSSR count). The number of phenolic OH excluding ortho intramolecular Hbond substituents is 1. The summed E-state index contributed by atoms with van der Waals surface area (Å²) < 4.78 is 1.92. The lowest BCUT2D eigenvalue weighted by atomic mass is 10.1. The van der Waals surface area contributed by atoms with Crippen molar-refractivity contribution in [3.05, 3.63) is 65.9 Å². The van der Waals surface area contributed by atoms with Crippen LogP contribution in [0, 0.1) is 0 Å². The number of hydrogen-bond donors (Lipinski definition) is 2. The van der Waals surface area contributed by atoms with Crippen LogP contribution in [0.1, 0.15) is 5.69 Å². The molecule has 0 spiro atoms. The minimum atomic E-state index is -0.240. The third-order valence-corrected chi connectivity index (χ3v) is 4.51. The first kappa shape index (κ1) is 14.5. The summed E-state index contributed by atoms with van der Waals surface area (Å²) in [5, 5.41) is 16.2. The Kier molecular flexibility index (Phi) is 3.51. The van der Waals surface area contributed by atoms with Gasteiger partial charge in [0.1, 0.15) is 5.75 Å². The largest absolute Gasteiger partial charge is 0.507 e. The van der Waals surface area contributed by atoms with Crippen molar-refractivity contribution < 1.29 is 9.90 Å². The quantitative estimate of drug-likeness (QED) is 0.558. The minimum Gasteiger partial charge on any atom is -0.507 e. The molecule has 0 aliphatic rings. The molecular formula is C18H13N3O2S. The van der Waals surface area contributed by atoms with Crippen molar-refractivity contribution in [1.82, 2.24) is 9.38 Å². The number of aromatic hydroxyl groups is 1. The van der Waals surface area contributed by atoms with Gasteiger partial charge in [0.2, 0.25) is 5.91 Å². The van der Waals surface area contributed by atoms with Crippen LogP contribution in [-0.2, 0) is 4.79 Å². The van der Waals surface area contributed by atoms with Gasteiger partial charge in [-0.15, -0.1) is 11.3 Å². The van der Waals surface area contributed by atoms with Crippen LogP contribution in [0.3, 0.4) is 0 Å². The molecule has 0 fully saturated rings. The van der Waals surface area contributed by atoms with E-state index in [0.29, 0.717) is 11.1 Å². The molecule has 0 bridgehead atoms. The van der Waals surface area contributed by atoms with Crippen molar-refractivity contribution >= 4 is 44.7 Å². The van der Waals surface area contributed by atoms with Crippen LogP contribution in [0.25, 0.3) is 21.8 Å². The maximum atomic E-state index is 12.2. The summed E-state index contributed by atoms with van der Waals surface area (Å²) in [5.41, 5.74) is 1.50. The molecule has 118 valence electrons. The zero-order valence-corrected chi connectivity index (χ0v) is 13.3. The van der Waals surface area contributed by atoms with Crippen LogP contribution >= 0.6 is 11.3 Å². The average Bonchev–Trinajstić information content (AvgIpc) is 3.18. The normalized spacial score (nSPS) is 11.5. The first-order valence-corrected chi connectivity index (χ1v) is 8.21. The number of nitrogens with one attached hydrogen (secondary N) is 1. The van der Waals surface area contributed by atoms with Crippen molar-refractivity contribution in [2.75, 3.05) is 5.32 Å². The molecule has 2 N–H and O–H groups in total. The molecular weight excluding hydrogens is 322 g/mol. The highest BCUT2D eigenvalue weighted by Gasteiger charge is 2.06. The summed E-state index contributed by atoms with van der Waals surface area (Å²) in [7, 11) is 0. The number of hydrogen-bond acceptors (Lipinski definition) is 4. The standard InChI is InChI=1S/C18H13N3O2S/c22-16-6-2-3-13-14(16)4-1-5-15(13)20-17(23)8-7-12-11-19-18-21(12)9-10-24-18/h1-11,22H,(H,20,23)/b8-7+. The van der Waals surface area contributed by atoms with Gasteiger partial charge in [0.25, 0.3) is 0 Å². The highest BCUT2D eigenvalue weighted by molar-refractivity contribution is 7.15. The lowest BCUT2D eigenvalue weighted by Crippen LogP contribution is -2.08. The van der Waals surface area contributed by atoms with E-state index in [1.807, 2.05) is 34.2 Å². The van der Waals surface area contributed by atoms with E-state index in [9.17, 15) is 9.90 Å². The summed E-state index contributed by atoms with van der Waals surface area (Å²) in [6.07, 6.45) is 6.84. The Morgan fingerprint density at radius 3 is 2.96 bits per heavy atom. The Morgan fingerprint density at radius 1 is 1.21 bits per heavy atom. The Labute approximate surface area is 141 Å². The maximum absolute atomic E-state index is 12.2. The molecule has 2 heterocycles. The van der Waals surface area contributed by atoms with E-state index in [1.165, 1.54) is 6.08 Å². The number of rotatable bonds is 3. The number of carbonyl (C=O) groups excluding carboxylic acids is 1. The Balaban J connectivity index is 1.60. The van der Waals surface area contributed by atoms with E-state index in [4.69, 9.17) is 0 Å². The average molecular weight is 335 g/mol. The highest BCUT2D eigenvalue weighted by atomic mass is 32.1. The Morgan fingerprint density at radius 2 is 2.04 bits per heavy atom. The second-order valence-corrected chi connectivity index (χ2v) is 6.11. The van der Waals surface area contributed by atoms with Gasteiger partial charge in [-0.25, -0.2) is 4.98 Å². The van der Waals surface area contributed by atoms with Crippen molar-refractivity contribution in [3.63, 3.8) is 0 Å². The smallest absolute Gasteiger partial charge is 0.248 e. The molecule has 2 aromatic carbocycles. The van der Waals surface area contributed by atoms with Crippen LogP contribution in [0.4, 0.5) is 5.69 Å². The van der Waals surface area contributed by atoms with Crippen LogP contribution < -0.4 is 5.32 Å². The summed E-state index contributed by atoms with van der Waals surface area (Å²) in [5.74, 6) is -0.0470. The molecule has 1 amide bonds. The lowest BCUT2D eigenvalue weighted by molar-refractivity contribution is -0.111. The fourth-order valence-electron chi connectivity index (χ4n) is 2.61. The molecule has 0 saturated heterocycles. The number of amides is 1. The number of imidazole rings is 1. The van der Waals surface area contributed by atoms with Crippen molar-refractivity contribution in [1.29, 1.82) is 0 Å². The van der Waals surface area contributed by atoms with Gasteiger partial charge in [0, 0.05) is 34.1 Å². The third kappa shape index (κ3) is 2.53. The van der Waals surface area contributed by atoms with E-state index < -0.39 is 0 Å². The molecule has 4 aromatic rings. The summed E-state index contributed by atoms with van der Waals surface area (Å²) in [4.78, 5) is 17.4. The molecule has 0 unspecified atom stereocenters. The highest BCUT2D eigenvalue weighted by Crippen LogP contribution is 2.29. The number of phenols is 1. The molecule has 0 radical (unpaired) electrons. The Hall–Kier alpha value is -3.12. The number of carbonyl (C=O) groups is 1. The zero-order valence-electron chi connectivity index (χ0n) is 12.5. The molecule has 5 nitrogen and oxygen atoms in total. The molecule has 6 heteroatoms. The number of benzene rings is 2. The second kappa shape index (κ2) is 5.82. The molecule has 24 heavy (non-hydrogen) atoms. The van der Waals surface area contributed by atoms with Crippen molar-refractivity contribution in [3.8, 4) is 5.75 Å². The van der Waals surface area contributed by atoms with Crippen molar-refractivity contribution in [2.24, 2.45) is 0 Å².